The molecular formula is C22H29FN2O2. The molecule has 1 fully saturated rings. The average molecular weight is 372 g/mol. The number of halogens is 1. The number of rotatable bonds is 9. The van der Waals surface area contributed by atoms with Crippen LogP contribution in [0.4, 0.5) is 4.39 Å². The number of nitrogens with one attached hydrogen (secondary N) is 1. The first-order valence-electron chi connectivity index (χ1n) is 9.69. The summed E-state index contributed by atoms with van der Waals surface area (Å²) < 4.78 is 25.0. The van der Waals surface area contributed by atoms with Gasteiger partial charge in [-0.25, -0.2) is 4.39 Å². The van der Waals surface area contributed by atoms with Gasteiger partial charge < -0.3 is 14.8 Å². The summed E-state index contributed by atoms with van der Waals surface area (Å²) in [6.45, 7) is 6.52. The van der Waals surface area contributed by atoms with Crippen molar-refractivity contribution in [2.75, 3.05) is 26.7 Å². The van der Waals surface area contributed by atoms with Crippen molar-refractivity contribution >= 4 is 0 Å². The van der Waals surface area contributed by atoms with Gasteiger partial charge in [0.1, 0.15) is 12.4 Å². The molecule has 3 rings (SSSR count). The fourth-order valence-electron chi connectivity index (χ4n) is 3.64. The molecule has 0 unspecified atom stereocenters. The van der Waals surface area contributed by atoms with Crippen molar-refractivity contribution in [2.24, 2.45) is 0 Å². The lowest BCUT2D eigenvalue weighted by Crippen LogP contribution is -2.37. The van der Waals surface area contributed by atoms with Crippen LogP contribution >= 0.6 is 0 Å². The lowest BCUT2D eigenvalue weighted by molar-refractivity contribution is 0.259. The first kappa shape index (κ1) is 19.6. The fourth-order valence-corrected chi connectivity index (χ4v) is 3.64. The van der Waals surface area contributed by atoms with Crippen LogP contribution in [0, 0.1) is 5.82 Å². The Kier molecular flexibility index (Phi) is 7.07. The van der Waals surface area contributed by atoms with E-state index in [1.807, 2.05) is 18.2 Å². The predicted molar refractivity (Wildman–Crippen MR) is 106 cm³/mol. The lowest BCUT2D eigenvalue weighted by atomic mass is 10.1. The van der Waals surface area contributed by atoms with Crippen molar-refractivity contribution in [3.05, 3.63) is 59.4 Å². The van der Waals surface area contributed by atoms with Crippen molar-refractivity contribution < 1.29 is 13.9 Å². The molecule has 1 aliphatic heterocycles. The lowest BCUT2D eigenvalue weighted by Gasteiger charge is -2.23. The Morgan fingerprint density at radius 1 is 1.19 bits per heavy atom. The second-order valence-corrected chi connectivity index (χ2v) is 6.92. The molecule has 1 saturated heterocycles. The minimum Gasteiger partial charge on any atom is -0.493 e. The average Bonchev–Trinajstić information content (AvgIpc) is 3.15. The van der Waals surface area contributed by atoms with E-state index in [-0.39, 0.29) is 12.4 Å². The van der Waals surface area contributed by atoms with E-state index in [0.717, 1.165) is 25.2 Å². The second-order valence-electron chi connectivity index (χ2n) is 6.92. The van der Waals surface area contributed by atoms with Crippen molar-refractivity contribution in [1.29, 1.82) is 0 Å². The fraction of sp³-hybridized carbons (Fsp3) is 0.455. The number of hydrogen-bond acceptors (Lipinski definition) is 4. The van der Waals surface area contributed by atoms with Gasteiger partial charge in [-0.2, -0.15) is 0 Å². The molecule has 5 heteroatoms. The van der Waals surface area contributed by atoms with Gasteiger partial charge in [-0.1, -0.05) is 31.2 Å². The third-order valence-corrected chi connectivity index (χ3v) is 5.18. The van der Waals surface area contributed by atoms with Gasteiger partial charge in [0, 0.05) is 24.7 Å². The van der Waals surface area contributed by atoms with Crippen LogP contribution in [-0.4, -0.2) is 37.7 Å². The largest absolute Gasteiger partial charge is 0.493 e. The SMILES string of the molecule is CCN1CCC[C@H]1CNCc1ccc(OCc2ccccc2F)c(OC)c1. The van der Waals surface area contributed by atoms with Gasteiger partial charge in [-0.15, -0.1) is 0 Å². The number of nitrogens with zero attached hydrogens (tertiary/aromatic N) is 1. The van der Waals surface area contributed by atoms with Gasteiger partial charge in [0.15, 0.2) is 11.5 Å². The summed E-state index contributed by atoms with van der Waals surface area (Å²) in [7, 11) is 1.63. The van der Waals surface area contributed by atoms with Crippen LogP contribution in [-0.2, 0) is 13.2 Å². The Labute approximate surface area is 161 Å². The van der Waals surface area contributed by atoms with Gasteiger partial charge in [0.25, 0.3) is 0 Å². The maximum absolute atomic E-state index is 13.7. The predicted octanol–water partition coefficient (Wildman–Crippen LogP) is 3.99. The normalized spacial score (nSPS) is 17.2. The van der Waals surface area contributed by atoms with Crippen LogP contribution in [0.15, 0.2) is 42.5 Å². The molecule has 0 radical (unpaired) electrons. The first-order chi connectivity index (χ1) is 13.2. The van der Waals surface area contributed by atoms with E-state index in [4.69, 9.17) is 9.47 Å². The van der Waals surface area contributed by atoms with Gasteiger partial charge >= 0.3 is 0 Å². The van der Waals surface area contributed by atoms with E-state index < -0.39 is 0 Å². The van der Waals surface area contributed by atoms with E-state index in [2.05, 4.69) is 17.1 Å². The van der Waals surface area contributed by atoms with E-state index in [0.29, 0.717) is 23.1 Å². The third-order valence-electron chi connectivity index (χ3n) is 5.18. The van der Waals surface area contributed by atoms with Crippen LogP contribution in [0.2, 0.25) is 0 Å². The zero-order chi connectivity index (χ0) is 19.1. The van der Waals surface area contributed by atoms with Crippen molar-refractivity contribution in [3.8, 4) is 11.5 Å². The van der Waals surface area contributed by atoms with Gasteiger partial charge in [0.05, 0.1) is 7.11 Å². The number of methoxy groups -OCH3 is 1. The molecule has 0 aromatic heterocycles. The topological polar surface area (TPSA) is 33.7 Å². The molecule has 1 aliphatic rings. The maximum Gasteiger partial charge on any atom is 0.161 e. The highest BCUT2D eigenvalue weighted by molar-refractivity contribution is 5.43. The first-order valence-corrected chi connectivity index (χ1v) is 9.69. The van der Waals surface area contributed by atoms with Crippen LogP contribution in [0.25, 0.3) is 0 Å². The molecule has 1 N–H and O–H groups in total. The van der Waals surface area contributed by atoms with Gasteiger partial charge in [0.2, 0.25) is 0 Å². The number of benzene rings is 2. The number of ether oxygens (including phenoxy) is 2. The standard InChI is InChI=1S/C22H29FN2O2/c1-3-25-12-6-8-19(25)15-24-14-17-10-11-21(22(13-17)26-2)27-16-18-7-4-5-9-20(18)23/h4-5,7,9-11,13,19,24H,3,6,8,12,14-16H2,1-2H3/t19-/m0/s1. The highest BCUT2D eigenvalue weighted by Crippen LogP contribution is 2.29. The third kappa shape index (κ3) is 5.21. The molecule has 0 saturated carbocycles. The molecule has 1 atom stereocenters. The zero-order valence-corrected chi connectivity index (χ0v) is 16.2. The Morgan fingerprint density at radius 3 is 2.81 bits per heavy atom. The molecule has 0 aliphatic carbocycles. The van der Waals surface area contributed by atoms with Crippen molar-refractivity contribution in [1.82, 2.24) is 10.2 Å². The molecule has 146 valence electrons. The van der Waals surface area contributed by atoms with Crippen LogP contribution in [0.5, 0.6) is 11.5 Å². The molecule has 4 nitrogen and oxygen atoms in total. The summed E-state index contributed by atoms with van der Waals surface area (Å²) in [6.07, 6.45) is 2.56. The second kappa shape index (κ2) is 9.72. The summed E-state index contributed by atoms with van der Waals surface area (Å²) in [4.78, 5) is 2.53. The number of likely N-dealkylation sites (N-methyl/N-ethyl adjacent to an activating group) is 1. The molecule has 0 amide bonds. The highest BCUT2D eigenvalue weighted by Gasteiger charge is 2.22. The Morgan fingerprint density at radius 2 is 2.04 bits per heavy atom. The summed E-state index contributed by atoms with van der Waals surface area (Å²) in [6, 6.07) is 13.2. The van der Waals surface area contributed by atoms with Crippen LogP contribution in [0.3, 0.4) is 0 Å². The van der Waals surface area contributed by atoms with Crippen molar-refractivity contribution in [3.63, 3.8) is 0 Å². The summed E-state index contributed by atoms with van der Waals surface area (Å²) in [5.74, 6) is 1.03. The van der Waals surface area contributed by atoms with Crippen LogP contribution in [0.1, 0.15) is 30.9 Å². The smallest absolute Gasteiger partial charge is 0.161 e. The van der Waals surface area contributed by atoms with Gasteiger partial charge in [-0.05, 0) is 49.7 Å². The summed E-state index contributed by atoms with van der Waals surface area (Å²) in [5, 5.41) is 3.56. The monoisotopic (exact) mass is 372 g/mol. The minimum atomic E-state index is -0.259. The number of likely N-dealkylation sites (tertiary alicyclic amines) is 1. The zero-order valence-electron chi connectivity index (χ0n) is 16.2. The molecule has 1 heterocycles. The quantitative estimate of drug-likeness (QED) is 0.722. The van der Waals surface area contributed by atoms with Gasteiger partial charge in [-0.3, -0.25) is 4.90 Å². The van der Waals surface area contributed by atoms with E-state index >= 15 is 0 Å². The maximum atomic E-state index is 13.7. The Hall–Kier alpha value is -2.11. The van der Waals surface area contributed by atoms with E-state index in [1.54, 1.807) is 25.3 Å². The Bertz CT molecular complexity index is 738. The van der Waals surface area contributed by atoms with Crippen molar-refractivity contribution in [2.45, 2.75) is 39.0 Å². The summed E-state index contributed by atoms with van der Waals surface area (Å²) >= 11 is 0. The highest BCUT2D eigenvalue weighted by atomic mass is 19.1. The Balaban J connectivity index is 1.55. The van der Waals surface area contributed by atoms with E-state index in [1.165, 1.54) is 25.5 Å². The van der Waals surface area contributed by atoms with E-state index in [9.17, 15) is 4.39 Å². The summed E-state index contributed by atoms with van der Waals surface area (Å²) in [5.41, 5.74) is 1.67. The molecular weight excluding hydrogens is 343 g/mol. The molecule has 2 aromatic rings. The minimum absolute atomic E-state index is 0.176. The molecule has 27 heavy (non-hydrogen) atoms. The molecule has 0 bridgehead atoms. The molecule has 2 aromatic carbocycles. The molecule has 0 spiro atoms. The van der Waals surface area contributed by atoms with Crippen LogP contribution < -0.4 is 14.8 Å². The number of hydrogen-bond donors (Lipinski definition) is 1.